The minimum Gasteiger partial charge on any atom is -0.508 e. The van der Waals surface area contributed by atoms with Crippen molar-refractivity contribution in [1.29, 1.82) is 0 Å². The van der Waals surface area contributed by atoms with Crippen LogP contribution in [0.2, 0.25) is 0 Å². The third-order valence-corrected chi connectivity index (χ3v) is 4.30. The summed E-state index contributed by atoms with van der Waals surface area (Å²) >= 11 is 0. The van der Waals surface area contributed by atoms with E-state index in [-0.39, 0.29) is 11.8 Å². The second-order valence-corrected chi connectivity index (χ2v) is 5.86. The lowest BCUT2D eigenvalue weighted by Crippen LogP contribution is -2.26. The van der Waals surface area contributed by atoms with Gasteiger partial charge in [0.2, 0.25) is 0 Å². The number of rotatable bonds is 3. The highest BCUT2D eigenvalue weighted by Crippen LogP contribution is 2.39. The molecule has 2 rings (SSSR count). The van der Waals surface area contributed by atoms with E-state index in [0.29, 0.717) is 12.2 Å². The monoisotopic (exact) mass is 262 g/mol. The number of fused-ring (bicyclic) bond motifs is 1. The average Bonchev–Trinajstić information content (AvgIpc) is 2.34. The summed E-state index contributed by atoms with van der Waals surface area (Å²) < 4.78 is 0. The molecule has 19 heavy (non-hydrogen) atoms. The topological polar surface area (TPSA) is 57.5 Å². The van der Waals surface area contributed by atoms with Gasteiger partial charge in [-0.3, -0.25) is 4.79 Å². The van der Waals surface area contributed by atoms with Gasteiger partial charge in [0.15, 0.2) is 0 Å². The fourth-order valence-electron chi connectivity index (χ4n) is 3.16. The molecule has 1 atom stereocenters. The van der Waals surface area contributed by atoms with Gasteiger partial charge in [-0.05, 0) is 54.4 Å². The first kappa shape index (κ1) is 13.9. The SMILES string of the molecule is CC1(CCC(=O)O)CCCCCc2cc(O)ccc21. The van der Waals surface area contributed by atoms with Crippen LogP contribution in [0.25, 0.3) is 0 Å². The minimum atomic E-state index is -0.733. The van der Waals surface area contributed by atoms with Crippen molar-refractivity contribution in [3.05, 3.63) is 29.3 Å². The Bertz CT molecular complexity index is 467. The van der Waals surface area contributed by atoms with E-state index >= 15 is 0 Å². The van der Waals surface area contributed by atoms with E-state index in [2.05, 4.69) is 6.92 Å². The number of hydrogen-bond donors (Lipinski definition) is 2. The molecule has 0 amide bonds. The molecule has 1 aliphatic carbocycles. The maximum absolute atomic E-state index is 10.9. The number of phenols is 1. The van der Waals surface area contributed by atoms with Crippen molar-refractivity contribution in [2.45, 2.75) is 57.3 Å². The summed E-state index contributed by atoms with van der Waals surface area (Å²) in [6.45, 7) is 2.16. The molecule has 0 aromatic heterocycles. The molecule has 0 fully saturated rings. The molecule has 0 saturated heterocycles. The molecule has 3 heteroatoms. The summed E-state index contributed by atoms with van der Waals surface area (Å²) in [5.41, 5.74) is 2.33. The van der Waals surface area contributed by atoms with Crippen LogP contribution < -0.4 is 0 Å². The molecular formula is C16H22O3. The first-order valence-corrected chi connectivity index (χ1v) is 7.05. The molecule has 104 valence electrons. The molecule has 2 N–H and O–H groups in total. The number of carboxylic acid groups (broad SMARTS) is 1. The van der Waals surface area contributed by atoms with Crippen LogP contribution in [0.1, 0.15) is 56.6 Å². The van der Waals surface area contributed by atoms with Gasteiger partial charge in [-0.2, -0.15) is 0 Å². The van der Waals surface area contributed by atoms with Crippen molar-refractivity contribution in [1.82, 2.24) is 0 Å². The first-order valence-electron chi connectivity index (χ1n) is 7.05. The van der Waals surface area contributed by atoms with E-state index in [1.165, 1.54) is 17.5 Å². The zero-order valence-corrected chi connectivity index (χ0v) is 11.5. The van der Waals surface area contributed by atoms with Crippen LogP contribution in [0, 0.1) is 0 Å². The van der Waals surface area contributed by atoms with Crippen molar-refractivity contribution in [2.75, 3.05) is 0 Å². The Balaban J connectivity index is 2.35. The summed E-state index contributed by atoms with van der Waals surface area (Å²) in [5, 5.41) is 18.6. The second-order valence-electron chi connectivity index (χ2n) is 5.86. The Morgan fingerprint density at radius 2 is 2.11 bits per heavy atom. The van der Waals surface area contributed by atoms with Crippen molar-refractivity contribution in [3.63, 3.8) is 0 Å². The summed E-state index contributed by atoms with van der Waals surface area (Å²) in [5.74, 6) is -0.427. The number of aryl methyl sites for hydroxylation is 1. The Hall–Kier alpha value is -1.51. The minimum absolute atomic E-state index is 0.0815. The lowest BCUT2D eigenvalue weighted by molar-refractivity contribution is -0.137. The van der Waals surface area contributed by atoms with E-state index in [0.717, 1.165) is 25.7 Å². The van der Waals surface area contributed by atoms with E-state index in [4.69, 9.17) is 5.11 Å². The molecule has 0 spiro atoms. The largest absolute Gasteiger partial charge is 0.508 e. The molecule has 1 aromatic carbocycles. The summed E-state index contributed by atoms with van der Waals surface area (Å²) in [6, 6.07) is 5.55. The molecule has 3 nitrogen and oxygen atoms in total. The number of carbonyl (C=O) groups is 1. The highest BCUT2D eigenvalue weighted by Gasteiger charge is 2.30. The normalized spacial score (nSPS) is 23.2. The third-order valence-electron chi connectivity index (χ3n) is 4.30. The molecular weight excluding hydrogens is 240 g/mol. The molecule has 1 unspecified atom stereocenters. The summed E-state index contributed by atoms with van der Waals surface area (Å²) in [7, 11) is 0. The van der Waals surface area contributed by atoms with Crippen LogP contribution in [0.4, 0.5) is 0 Å². The first-order chi connectivity index (χ1) is 9.01. The molecule has 0 aliphatic heterocycles. The van der Waals surface area contributed by atoms with Gasteiger partial charge in [0, 0.05) is 6.42 Å². The molecule has 0 radical (unpaired) electrons. The summed E-state index contributed by atoms with van der Waals surface area (Å²) in [4.78, 5) is 10.9. The number of aliphatic carboxylic acids is 1. The number of aromatic hydroxyl groups is 1. The fraction of sp³-hybridized carbons (Fsp3) is 0.562. The van der Waals surface area contributed by atoms with Crippen LogP contribution >= 0.6 is 0 Å². The van der Waals surface area contributed by atoms with Crippen LogP contribution in [0.3, 0.4) is 0 Å². The van der Waals surface area contributed by atoms with E-state index < -0.39 is 5.97 Å². The van der Waals surface area contributed by atoms with Gasteiger partial charge in [0.05, 0.1) is 0 Å². The Morgan fingerprint density at radius 1 is 1.32 bits per heavy atom. The quantitative estimate of drug-likeness (QED) is 0.874. The highest BCUT2D eigenvalue weighted by molar-refractivity contribution is 5.67. The fourth-order valence-corrected chi connectivity index (χ4v) is 3.16. The number of phenolic OH excluding ortho intramolecular Hbond substituents is 1. The van der Waals surface area contributed by atoms with Gasteiger partial charge in [-0.1, -0.05) is 25.8 Å². The Kier molecular flexibility index (Phi) is 4.13. The van der Waals surface area contributed by atoms with Gasteiger partial charge >= 0.3 is 5.97 Å². The average molecular weight is 262 g/mol. The van der Waals surface area contributed by atoms with Gasteiger partial charge in [-0.25, -0.2) is 0 Å². The Morgan fingerprint density at radius 3 is 2.84 bits per heavy atom. The van der Waals surface area contributed by atoms with Crippen molar-refractivity contribution in [3.8, 4) is 5.75 Å². The van der Waals surface area contributed by atoms with Gasteiger partial charge in [-0.15, -0.1) is 0 Å². The molecule has 1 aromatic rings. The van der Waals surface area contributed by atoms with E-state index in [1.807, 2.05) is 12.1 Å². The lowest BCUT2D eigenvalue weighted by atomic mass is 9.71. The van der Waals surface area contributed by atoms with Crippen molar-refractivity contribution >= 4 is 5.97 Å². The van der Waals surface area contributed by atoms with Gasteiger partial charge < -0.3 is 10.2 Å². The summed E-state index contributed by atoms with van der Waals surface area (Å²) in [6.07, 6.45) is 6.35. The standard InChI is InChI=1S/C16H22O3/c1-16(10-8-15(18)19)9-4-2-3-5-12-11-13(17)6-7-14(12)16/h6-7,11,17H,2-5,8-10H2,1H3,(H,18,19). The molecule has 0 bridgehead atoms. The van der Waals surface area contributed by atoms with Crippen LogP contribution in [0.5, 0.6) is 5.75 Å². The smallest absolute Gasteiger partial charge is 0.303 e. The van der Waals surface area contributed by atoms with Crippen molar-refractivity contribution < 1.29 is 15.0 Å². The van der Waals surface area contributed by atoms with Crippen molar-refractivity contribution in [2.24, 2.45) is 0 Å². The predicted molar refractivity (Wildman–Crippen MR) is 74.5 cm³/mol. The molecule has 0 heterocycles. The van der Waals surface area contributed by atoms with E-state index in [1.54, 1.807) is 6.07 Å². The van der Waals surface area contributed by atoms with Crippen LogP contribution in [-0.2, 0) is 16.6 Å². The zero-order valence-electron chi connectivity index (χ0n) is 11.5. The maximum atomic E-state index is 10.9. The van der Waals surface area contributed by atoms with Crippen LogP contribution in [0.15, 0.2) is 18.2 Å². The second kappa shape index (κ2) is 5.64. The highest BCUT2D eigenvalue weighted by atomic mass is 16.4. The third kappa shape index (κ3) is 3.28. The lowest BCUT2D eigenvalue weighted by Gasteiger charge is -2.34. The number of hydrogen-bond acceptors (Lipinski definition) is 2. The number of carboxylic acids is 1. The maximum Gasteiger partial charge on any atom is 0.303 e. The van der Waals surface area contributed by atoms with E-state index in [9.17, 15) is 9.90 Å². The Labute approximate surface area is 114 Å². The molecule has 1 aliphatic rings. The van der Waals surface area contributed by atoms with Gasteiger partial charge in [0.1, 0.15) is 5.75 Å². The predicted octanol–water partition coefficient (Wildman–Crippen LogP) is 3.63. The van der Waals surface area contributed by atoms with Crippen LogP contribution in [-0.4, -0.2) is 16.2 Å². The van der Waals surface area contributed by atoms with Gasteiger partial charge in [0.25, 0.3) is 0 Å². The zero-order chi connectivity index (χ0) is 13.9. The number of benzene rings is 1. The molecule has 0 saturated carbocycles.